The molecule has 0 aliphatic heterocycles. The van der Waals surface area contributed by atoms with Gasteiger partial charge in [0.05, 0.1) is 12.7 Å². The highest BCUT2D eigenvalue weighted by atomic mass is 32.2. The zero-order valence-electron chi connectivity index (χ0n) is 9.71. The van der Waals surface area contributed by atoms with Crippen molar-refractivity contribution in [1.29, 1.82) is 0 Å². The van der Waals surface area contributed by atoms with Crippen molar-refractivity contribution in [3.8, 4) is 5.75 Å². The number of hydrogen-bond donors (Lipinski definition) is 0. The molecular weight excluding hydrogens is 234 g/mol. The fraction of sp³-hybridized carbons (Fsp3) is 0.154. The number of ether oxygens (including phenoxy) is 1. The molecule has 0 saturated heterocycles. The molecule has 0 radical (unpaired) electrons. The average Bonchev–Trinajstić information content (AvgIpc) is 2.91. The number of aromatic nitrogens is 1. The van der Waals surface area contributed by atoms with E-state index in [1.807, 2.05) is 24.5 Å². The molecule has 0 atom stereocenters. The molecule has 2 rings (SSSR count). The van der Waals surface area contributed by atoms with E-state index in [2.05, 4.69) is 0 Å². The smallest absolute Gasteiger partial charge is 0.262 e. The van der Waals surface area contributed by atoms with Gasteiger partial charge in [-0.2, -0.15) is 0 Å². The van der Waals surface area contributed by atoms with Crippen LogP contribution >= 0.6 is 11.8 Å². The molecule has 17 heavy (non-hydrogen) atoms. The number of carbonyl (C=O) groups is 1. The molecule has 0 N–H and O–H groups in total. The largest absolute Gasteiger partial charge is 0.497 e. The van der Waals surface area contributed by atoms with Gasteiger partial charge in [-0.15, -0.1) is 11.8 Å². The minimum absolute atomic E-state index is 0.0259. The molecule has 1 aromatic heterocycles. The van der Waals surface area contributed by atoms with Gasteiger partial charge in [-0.05, 0) is 36.6 Å². The van der Waals surface area contributed by atoms with Crippen LogP contribution in [0.2, 0.25) is 0 Å². The van der Waals surface area contributed by atoms with E-state index in [1.54, 1.807) is 36.2 Å². The van der Waals surface area contributed by atoms with Crippen LogP contribution in [0, 0.1) is 0 Å². The van der Waals surface area contributed by atoms with Crippen LogP contribution in [-0.2, 0) is 0 Å². The van der Waals surface area contributed by atoms with Crippen LogP contribution in [0.1, 0.15) is 10.4 Å². The summed E-state index contributed by atoms with van der Waals surface area (Å²) < 4.78 is 6.72. The lowest BCUT2D eigenvalue weighted by atomic mass is 10.2. The first-order chi connectivity index (χ1) is 8.26. The Bertz CT molecular complexity index is 520. The minimum Gasteiger partial charge on any atom is -0.497 e. The Morgan fingerprint density at radius 2 is 2.00 bits per heavy atom. The summed E-state index contributed by atoms with van der Waals surface area (Å²) in [5.74, 6) is 0.736. The molecule has 0 unspecified atom stereocenters. The van der Waals surface area contributed by atoms with Gasteiger partial charge in [-0.3, -0.25) is 9.36 Å². The van der Waals surface area contributed by atoms with Crippen LogP contribution < -0.4 is 4.74 Å². The first-order valence-corrected chi connectivity index (χ1v) is 6.38. The molecular formula is C13H13NO2S. The third-order valence-corrected chi connectivity index (χ3v) is 3.26. The maximum absolute atomic E-state index is 12.2. The van der Waals surface area contributed by atoms with Crippen molar-refractivity contribution < 1.29 is 9.53 Å². The summed E-state index contributed by atoms with van der Waals surface area (Å²) in [5, 5.41) is 0. The maximum Gasteiger partial charge on any atom is 0.262 e. The molecule has 0 fully saturated rings. The third-order valence-electron chi connectivity index (χ3n) is 2.48. The number of methoxy groups -OCH3 is 1. The van der Waals surface area contributed by atoms with E-state index in [-0.39, 0.29) is 5.91 Å². The minimum atomic E-state index is -0.0259. The Hall–Kier alpha value is -1.68. The lowest BCUT2D eigenvalue weighted by molar-refractivity contribution is 0.0957. The molecule has 0 spiro atoms. The summed E-state index contributed by atoms with van der Waals surface area (Å²) in [7, 11) is 1.62. The molecule has 0 saturated carbocycles. The van der Waals surface area contributed by atoms with Crippen molar-refractivity contribution in [3.05, 3.63) is 48.3 Å². The number of rotatable bonds is 3. The molecule has 0 aliphatic rings. The number of nitrogens with zero attached hydrogens (tertiary/aromatic N) is 1. The Morgan fingerprint density at radius 3 is 2.59 bits per heavy atom. The zero-order chi connectivity index (χ0) is 12.3. The number of benzene rings is 1. The van der Waals surface area contributed by atoms with Gasteiger partial charge in [0, 0.05) is 17.3 Å². The van der Waals surface area contributed by atoms with Crippen LogP contribution in [0.4, 0.5) is 0 Å². The van der Waals surface area contributed by atoms with E-state index in [4.69, 9.17) is 4.74 Å². The third kappa shape index (κ3) is 2.36. The molecule has 0 aliphatic carbocycles. The molecule has 1 heterocycles. The lowest BCUT2D eigenvalue weighted by Gasteiger charge is -2.09. The normalized spacial score (nSPS) is 10.2. The molecule has 88 valence electrons. The summed E-state index contributed by atoms with van der Waals surface area (Å²) in [6, 6.07) is 9.14. The Balaban J connectivity index is 2.41. The second kappa shape index (κ2) is 5.10. The molecule has 2 aromatic rings. The number of hydrogen-bond acceptors (Lipinski definition) is 3. The monoisotopic (exact) mass is 247 g/mol. The van der Waals surface area contributed by atoms with Crippen molar-refractivity contribution in [3.63, 3.8) is 0 Å². The van der Waals surface area contributed by atoms with Crippen molar-refractivity contribution in [2.24, 2.45) is 0 Å². The van der Waals surface area contributed by atoms with Crippen LogP contribution in [0.5, 0.6) is 5.75 Å². The molecule has 1 aromatic carbocycles. The molecule has 3 nitrogen and oxygen atoms in total. The number of carbonyl (C=O) groups excluding carboxylic acids is 1. The first kappa shape index (κ1) is 11.8. The van der Waals surface area contributed by atoms with E-state index in [9.17, 15) is 4.79 Å². The van der Waals surface area contributed by atoms with Gasteiger partial charge in [0.1, 0.15) is 5.75 Å². The highest BCUT2D eigenvalue weighted by Gasteiger charge is 2.12. The average molecular weight is 247 g/mol. The van der Waals surface area contributed by atoms with Gasteiger partial charge in [0.2, 0.25) is 0 Å². The van der Waals surface area contributed by atoms with Crippen LogP contribution in [0.3, 0.4) is 0 Å². The SMILES string of the molecule is COc1ccc(C(=O)n2cccc2)c(SC)c1. The quantitative estimate of drug-likeness (QED) is 0.781. The predicted octanol–water partition coefficient (Wildman–Crippen LogP) is 2.91. The van der Waals surface area contributed by atoms with Crippen LogP contribution in [0.15, 0.2) is 47.6 Å². The topological polar surface area (TPSA) is 31.2 Å². The zero-order valence-corrected chi connectivity index (χ0v) is 10.5. The summed E-state index contributed by atoms with van der Waals surface area (Å²) in [6.07, 6.45) is 5.44. The Labute approximate surface area is 104 Å². The van der Waals surface area contributed by atoms with Gasteiger partial charge < -0.3 is 4.74 Å². The molecule has 0 amide bonds. The van der Waals surface area contributed by atoms with E-state index in [0.29, 0.717) is 5.56 Å². The summed E-state index contributed by atoms with van der Waals surface area (Å²) in [4.78, 5) is 13.1. The van der Waals surface area contributed by atoms with Crippen LogP contribution in [0.25, 0.3) is 0 Å². The summed E-state index contributed by atoms with van der Waals surface area (Å²) in [6.45, 7) is 0. The van der Waals surface area contributed by atoms with Crippen molar-refractivity contribution in [1.82, 2.24) is 4.57 Å². The van der Waals surface area contributed by atoms with Gasteiger partial charge in [0.15, 0.2) is 0 Å². The Kier molecular flexibility index (Phi) is 3.54. The van der Waals surface area contributed by atoms with Crippen molar-refractivity contribution >= 4 is 17.7 Å². The second-order valence-corrected chi connectivity index (χ2v) is 4.31. The van der Waals surface area contributed by atoms with E-state index < -0.39 is 0 Å². The van der Waals surface area contributed by atoms with Gasteiger partial charge in [-0.25, -0.2) is 0 Å². The van der Waals surface area contributed by atoms with Crippen molar-refractivity contribution in [2.45, 2.75) is 4.90 Å². The van der Waals surface area contributed by atoms with E-state index in [1.165, 1.54) is 11.8 Å². The van der Waals surface area contributed by atoms with Gasteiger partial charge in [-0.1, -0.05) is 0 Å². The fourth-order valence-corrected chi connectivity index (χ4v) is 2.19. The molecule has 0 bridgehead atoms. The summed E-state index contributed by atoms with van der Waals surface area (Å²) in [5.41, 5.74) is 0.689. The Morgan fingerprint density at radius 1 is 1.29 bits per heavy atom. The van der Waals surface area contributed by atoms with Crippen molar-refractivity contribution in [2.75, 3.05) is 13.4 Å². The summed E-state index contributed by atoms with van der Waals surface area (Å²) >= 11 is 1.54. The number of thioether (sulfide) groups is 1. The fourth-order valence-electron chi connectivity index (χ4n) is 1.58. The van der Waals surface area contributed by atoms with Gasteiger partial charge in [0.25, 0.3) is 5.91 Å². The first-order valence-electron chi connectivity index (χ1n) is 5.16. The van der Waals surface area contributed by atoms with E-state index >= 15 is 0 Å². The highest BCUT2D eigenvalue weighted by molar-refractivity contribution is 7.98. The maximum atomic E-state index is 12.2. The highest BCUT2D eigenvalue weighted by Crippen LogP contribution is 2.26. The van der Waals surface area contributed by atoms with Gasteiger partial charge >= 0.3 is 0 Å². The van der Waals surface area contributed by atoms with E-state index in [0.717, 1.165) is 10.6 Å². The predicted molar refractivity (Wildman–Crippen MR) is 68.9 cm³/mol. The lowest BCUT2D eigenvalue weighted by Crippen LogP contribution is -2.10. The standard InChI is InChI=1S/C13H13NO2S/c1-16-10-5-6-11(12(9-10)17-2)13(15)14-7-3-4-8-14/h3-9H,1-2H3. The molecule has 4 heteroatoms. The second-order valence-electron chi connectivity index (χ2n) is 3.46. The van der Waals surface area contributed by atoms with Crippen LogP contribution in [-0.4, -0.2) is 23.8 Å².